The van der Waals surface area contributed by atoms with Crippen molar-refractivity contribution in [2.24, 2.45) is 0 Å². The number of hydrogen-bond donors (Lipinski definition) is 2. The SMILES string of the molecule is CC(C)=CC(=O)OCC(=O)NCCNc1ccc(C(F)(F)F)cc1[N+](=O)[O-]. The lowest BCUT2D eigenvalue weighted by Crippen LogP contribution is -2.32. The summed E-state index contributed by atoms with van der Waals surface area (Å²) < 4.78 is 42.6. The summed E-state index contributed by atoms with van der Waals surface area (Å²) in [6, 6.07) is 2.10. The molecule has 0 heterocycles. The molecule has 1 aromatic rings. The third-order valence-corrected chi connectivity index (χ3v) is 3.04. The first-order chi connectivity index (χ1) is 12.5. The van der Waals surface area contributed by atoms with Crippen LogP contribution in [-0.4, -0.2) is 36.5 Å². The molecule has 0 spiro atoms. The van der Waals surface area contributed by atoms with Gasteiger partial charge in [0, 0.05) is 25.2 Å². The fourth-order valence-electron chi connectivity index (χ4n) is 1.87. The lowest BCUT2D eigenvalue weighted by Gasteiger charge is -2.11. The molecule has 0 aromatic heterocycles. The van der Waals surface area contributed by atoms with Crippen LogP contribution < -0.4 is 10.6 Å². The van der Waals surface area contributed by atoms with E-state index < -0.39 is 40.8 Å². The van der Waals surface area contributed by atoms with Gasteiger partial charge in [-0.15, -0.1) is 0 Å². The van der Waals surface area contributed by atoms with Crippen LogP contribution in [0.25, 0.3) is 0 Å². The standard InChI is InChI=1S/C16H18F3N3O5/c1-10(2)7-15(24)27-9-14(23)21-6-5-20-12-4-3-11(16(17,18)19)8-13(12)22(25)26/h3-4,7-8,20H,5-6,9H2,1-2H3,(H,21,23). The summed E-state index contributed by atoms with van der Waals surface area (Å²) >= 11 is 0. The Morgan fingerprint density at radius 2 is 1.93 bits per heavy atom. The molecule has 11 heteroatoms. The fraction of sp³-hybridized carbons (Fsp3) is 0.375. The van der Waals surface area contributed by atoms with Crippen molar-refractivity contribution in [2.45, 2.75) is 20.0 Å². The van der Waals surface area contributed by atoms with E-state index in [4.69, 9.17) is 0 Å². The Kier molecular flexibility index (Phi) is 7.76. The van der Waals surface area contributed by atoms with Crippen LogP contribution in [0.15, 0.2) is 29.8 Å². The molecular weight excluding hydrogens is 371 g/mol. The lowest BCUT2D eigenvalue weighted by molar-refractivity contribution is -0.384. The van der Waals surface area contributed by atoms with E-state index >= 15 is 0 Å². The first-order valence-corrected chi connectivity index (χ1v) is 7.68. The highest BCUT2D eigenvalue weighted by Gasteiger charge is 2.32. The molecule has 0 atom stereocenters. The zero-order valence-corrected chi connectivity index (χ0v) is 14.6. The first kappa shape index (κ1) is 21.9. The Hall–Kier alpha value is -3.11. The van der Waals surface area contributed by atoms with Crippen molar-refractivity contribution in [3.63, 3.8) is 0 Å². The van der Waals surface area contributed by atoms with Gasteiger partial charge in [-0.2, -0.15) is 13.2 Å². The highest BCUT2D eigenvalue weighted by Crippen LogP contribution is 2.34. The van der Waals surface area contributed by atoms with Gasteiger partial charge < -0.3 is 15.4 Å². The van der Waals surface area contributed by atoms with Crippen LogP contribution in [0.4, 0.5) is 24.5 Å². The van der Waals surface area contributed by atoms with Gasteiger partial charge in [-0.05, 0) is 26.0 Å². The van der Waals surface area contributed by atoms with Crippen molar-refractivity contribution in [1.82, 2.24) is 5.32 Å². The van der Waals surface area contributed by atoms with Crippen LogP contribution in [0.5, 0.6) is 0 Å². The maximum atomic E-state index is 12.6. The van der Waals surface area contributed by atoms with Crippen LogP contribution in [0.2, 0.25) is 0 Å². The summed E-state index contributed by atoms with van der Waals surface area (Å²) in [6.45, 7) is 2.90. The van der Waals surface area contributed by atoms with E-state index in [1.54, 1.807) is 13.8 Å². The smallest absolute Gasteiger partial charge is 0.416 e. The number of allylic oxidation sites excluding steroid dienone is 1. The van der Waals surface area contributed by atoms with Gasteiger partial charge in [-0.3, -0.25) is 14.9 Å². The van der Waals surface area contributed by atoms with Crippen molar-refractivity contribution in [3.05, 3.63) is 45.5 Å². The highest BCUT2D eigenvalue weighted by molar-refractivity contribution is 5.86. The predicted molar refractivity (Wildman–Crippen MR) is 90.0 cm³/mol. The Morgan fingerprint density at radius 1 is 1.26 bits per heavy atom. The third-order valence-electron chi connectivity index (χ3n) is 3.04. The van der Waals surface area contributed by atoms with Gasteiger partial charge >= 0.3 is 12.1 Å². The second-order valence-electron chi connectivity index (χ2n) is 5.59. The maximum Gasteiger partial charge on any atom is 0.416 e. The largest absolute Gasteiger partial charge is 0.452 e. The average molecular weight is 389 g/mol. The Balaban J connectivity index is 2.52. The zero-order valence-electron chi connectivity index (χ0n) is 14.6. The molecule has 0 saturated heterocycles. The van der Waals surface area contributed by atoms with Gasteiger partial charge in [0.05, 0.1) is 10.5 Å². The number of nitrogens with one attached hydrogen (secondary N) is 2. The van der Waals surface area contributed by atoms with Crippen molar-refractivity contribution in [3.8, 4) is 0 Å². The van der Waals surface area contributed by atoms with Crippen LogP contribution in [0, 0.1) is 10.1 Å². The number of carbonyl (C=O) groups excluding carboxylic acids is 2. The highest BCUT2D eigenvalue weighted by atomic mass is 19.4. The van der Waals surface area contributed by atoms with Gasteiger partial charge in [0.25, 0.3) is 11.6 Å². The summed E-state index contributed by atoms with van der Waals surface area (Å²) in [4.78, 5) is 32.8. The van der Waals surface area contributed by atoms with E-state index in [9.17, 15) is 32.9 Å². The van der Waals surface area contributed by atoms with Gasteiger partial charge in [-0.1, -0.05) is 5.57 Å². The second kappa shape index (κ2) is 9.55. The number of anilines is 1. The summed E-state index contributed by atoms with van der Waals surface area (Å²) in [7, 11) is 0. The number of nitro groups is 1. The van der Waals surface area contributed by atoms with Gasteiger partial charge in [0.1, 0.15) is 5.69 Å². The minimum absolute atomic E-state index is 0.0111. The van der Waals surface area contributed by atoms with Crippen molar-refractivity contribution in [1.29, 1.82) is 0 Å². The zero-order chi connectivity index (χ0) is 20.6. The molecule has 8 nitrogen and oxygen atoms in total. The number of carbonyl (C=O) groups is 2. The number of hydrogen-bond acceptors (Lipinski definition) is 6. The van der Waals surface area contributed by atoms with Gasteiger partial charge in [0.2, 0.25) is 0 Å². The quantitative estimate of drug-likeness (QED) is 0.233. The molecule has 0 aliphatic heterocycles. The number of nitrogens with zero attached hydrogens (tertiary/aromatic N) is 1. The predicted octanol–water partition coefficient (Wildman–Crippen LogP) is 2.65. The topological polar surface area (TPSA) is 111 Å². The molecule has 0 bridgehead atoms. The number of alkyl halides is 3. The van der Waals surface area contributed by atoms with Crippen LogP contribution >= 0.6 is 0 Å². The summed E-state index contributed by atoms with van der Waals surface area (Å²) in [6.07, 6.45) is -3.47. The van der Waals surface area contributed by atoms with Crippen molar-refractivity contribution >= 4 is 23.3 Å². The van der Waals surface area contributed by atoms with E-state index in [0.717, 1.165) is 12.1 Å². The first-order valence-electron chi connectivity index (χ1n) is 7.68. The second-order valence-corrected chi connectivity index (χ2v) is 5.59. The molecular formula is C16H18F3N3O5. The number of nitro benzene ring substituents is 1. The van der Waals surface area contributed by atoms with E-state index in [1.807, 2.05) is 0 Å². The monoisotopic (exact) mass is 389 g/mol. The van der Waals surface area contributed by atoms with Gasteiger partial charge in [0.15, 0.2) is 6.61 Å². The van der Waals surface area contributed by atoms with Crippen molar-refractivity contribution < 1.29 is 32.4 Å². The molecule has 0 aliphatic carbocycles. The van der Waals surface area contributed by atoms with E-state index in [0.29, 0.717) is 11.6 Å². The minimum atomic E-state index is -4.69. The van der Waals surface area contributed by atoms with Crippen molar-refractivity contribution in [2.75, 3.05) is 25.0 Å². The molecule has 1 rings (SSSR count). The maximum absolute atomic E-state index is 12.6. The summed E-state index contributed by atoms with van der Waals surface area (Å²) in [5.41, 5.74) is -1.27. The minimum Gasteiger partial charge on any atom is -0.452 e. The molecule has 148 valence electrons. The Labute approximate surface area is 152 Å². The van der Waals surface area contributed by atoms with E-state index in [2.05, 4.69) is 15.4 Å². The number of amides is 1. The number of benzene rings is 1. The summed E-state index contributed by atoms with van der Waals surface area (Å²) in [5.74, 6) is -1.25. The van der Waals surface area contributed by atoms with Crippen LogP contribution in [0.1, 0.15) is 19.4 Å². The van der Waals surface area contributed by atoms with Crippen LogP contribution in [-0.2, 0) is 20.5 Å². The third kappa shape index (κ3) is 7.75. The molecule has 2 N–H and O–H groups in total. The molecule has 0 fully saturated rings. The van der Waals surface area contributed by atoms with E-state index in [-0.39, 0.29) is 18.8 Å². The fourth-order valence-corrected chi connectivity index (χ4v) is 1.87. The molecule has 0 saturated carbocycles. The molecule has 1 amide bonds. The number of esters is 1. The average Bonchev–Trinajstić information content (AvgIpc) is 2.55. The molecule has 0 radical (unpaired) electrons. The lowest BCUT2D eigenvalue weighted by atomic mass is 10.1. The number of ether oxygens (including phenoxy) is 1. The molecule has 0 unspecified atom stereocenters. The van der Waals surface area contributed by atoms with Gasteiger partial charge in [-0.25, -0.2) is 4.79 Å². The normalized spacial score (nSPS) is 10.7. The summed E-state index contributed by atoms with van der Waals surface area (Å²) in [5, 5.41) is 15.9. The van der Waals surface area contributed by atoms with E-state index in [1.165, 1.54) is 6.08 Å². The molecule has 27 heavy (non-hydrogen) atoms. The van der Waals surface area contributed by atoms with Crippen LogP contribution in [0.3, 0.4) is 0 Å². The molecule has 1 aromatic carbocycles. The molecule has 0 aliphatic rings. The Bertz CT molecular complexity index is 743. The number of halogens is 3. The Morgan fingerprint density at radius 3 is 2.48 bits per heavy atom. The number of rotatable bonds is 8.